The van der Waals surface area contributed by atoms with Crippen LogP contribution in [0, 0.1) is 5.92 Å². The highest BCUT2D eigenvalue weighted by molar-refractivity contribution is 6.00. The number of rotatable bonds is 4. The number of carbonyl (C=O) groups is 2. The van der Waals surface area contributed by atoms with Gasteiger partial charge in [0.15, 0.2) is 0 Å². The third-order valence-electron chi connectivity index (χ3n) is 6.90. The standard InChI is InChI=1S/C25H28N4O3/c1-2-17-7-3-5-9-21(17)28-16-18(15-23(28)30)24(31)27-13-11-19(12-14-27)29-22-10-6-4-8-20(22)26-25(29)32/h3-10,18-19H,2,11-16H2,1H3,(H,26,32). The molecule has 1 unspecified atom stereocenters. The first-order valence-electron chi connectivity index (χ1n) is 11.4. The molecule has 0 spiro atoms. The quantitative estimate of drug-likeness (QED) is 0.688. The largest absolute Gasteiger partial charge is 0.342 e. The number of para-hydroxylation sites is 3. The maximum absolute atomic E-state index is 13.2. The second-order valence-electron chi connectivity index (χ2n) is 8.76. The summed E-state index contributed by atoms with van der Waals surface area (Å²) in [4.78, 5) is 45.0. The van der Waals surface area contributed by atoms with Crippen LogP contribution in [-0.2, 0) is 16.0 Å². The Labute approximate surface area is 186 Å². The van der Waals surface area contributed by atoms with Crippen LogP contribution in [-0.4, -0.2) is 45.9 Å². The van der Waals surface area contributed by atoms with Crippen LogP contribution in [0.1, 0.15) is 37.8 Å². The summed E-state index contributed by atoms with van der Waals surface area (Å²) in [6.07, 6.45) is 2.57. The smallest absolute Gasteiger partial charge is 0.326 e. The number of likely N-dealkylation sites (tertiary alicyclic amines) is 1. The fourth-order valence-corrected chi connectivity index (χ4v) is 5.22. The number of amides is 2. The van der Waals surface area contributed by atoms with E-state index < -0.39 is 0 Å². The van der Waals surface area contributed by atoms with Gasteiger partial charge in [0.05, 0.1) is 17.0 Å². The first kappa shape index (κ1) is 20.5. The molecule has 7 nitrogen and oxygen atoms in total. The van der Waals surface area contributed by atoms with Crippen molar-refractivity contribution >= 4 is 28.5 Å². The van der Waals surface area contributed by atoms with Crippen LogP contribution in [0.15, 0.2) is 53.3 Å². The Kier molecular flexibility index (Phi) is 5.33. The SMILES string of the molecule is CCc1ccccc1N1CC(C(=O)N2CCC(n3c(=O)[nH]c4ccccc43)CC2)CC1=O. The lowest BCUT2D eigenvalue weighted by Gasteiger charge is -2.34. The summed E-state index contributed by atoms with van der Waals surface area (Å²) in [5, 5.41) is 0. The van der Waals surface area contributed by atoms with E-state index >= 15 is 0 Å². The number of aromatic nitrogens is 2. The Morgan fingerprint density at radius 1 is 1.03 bits per heavy atom. The van der Waals surface area contributed by atoms with Gasteiger partial charge in [-0.15, -0.1) is 0 Å². The Morgan fingerprint density at radius 2 is 1.75 bits per heavy atom. The summed E-state index contributed by atoms with van der Waals surface area (Å²) in [7, 11) is 0. The van der Waals surface area contributed by atoms with Gasteiger partial charge in [0.1, 0.15) is 0 Å². The summed E-state index contributed by atoms with van der Waals surface area (Å²) in [6, 6.07) is 15.7. The number of imidazole rings is 1. The van der Waals surface area contributed by atoms with E-state index in [1.807, 2.05) is 58.0 Å². The van der Waals surface area contributed by atoms with Gasteiger partial charge in [-0.2, -0.15) is 0 Å². The van der Waals surface area contributed by atoms with Crippen molar-refractivity contribution in [3.05, 3.63) is 64.6 Å². The van der Waals surface area contributed by atoms with Crippen LogP contribution in [0.3, 0.4) is 0 Å². The first-order chi connectivity index (χ1) is 15.6. The van der Waals surface area contributed by atoms with E-state index in [4.69, 9.17) is 0 Å². The number of carbonyl (C=O) groups excluding carboxylic acids is 2. The fraction of sp³-hybridized carbons (Fsp3) is 0.400. The molecule has 2 aromatic carbocycles. The van der Waals surface area contributed by atoms with Crippen LogP contribution in [0.4, 0.5) is 5.69 Å². The molecule has 0 radical (unpaired) electrons. The van der Waals surface area contributed by atoms with Crippen LogP contribution in [0.25, 0.3) is 11.0 Å². The molecule has 2 amide bonds. The molecule has 1 atom stereocenters. The van der Waals surface area contributed by atoms with Crippen LogP contribution in [0.5, 0.6) is 0 Å². The molecule has 2 aliphatic rings. The van der Waals surface area contributed by atoms with Crippen molar-refractivity contribution in [3.63, 3.8) is 0 Å². The van der Waals surface area contributed by atoms with Gasteiger partial charge in [0, 0.05) is 37.8 Å². The van der Waals surface area contributed by atoms with E-state index in [1.54, 1.807) is 4.90 Å². The van der Waals surface area contributed by atoms with Gasteiger partial charge in [0.2, 0.25) is 11.8 Å². The highest BCUT2D eigenvalue weighted by Crippen LogP contribution is 2.31. The van der Waals surface area contributed by atoms with Gasteiger partial charge in [-0.05, 0) is 43.0 Å². The molecule has 2 fully saturated rings. The maximum Gasteiger partial charge on any atom is 0.326 e. The minimum Gasteiger partial charge on any atom is -0.342 e. The monoisotopic (exact) mass is 432 g/mol. The van der Waals surface area contributed by atoms with E-state index in [1.165, 1.54) is 0 Å². The number of aryl methyl sites for hydroxylation is 1. The Hall–Kier alpha value is -3.35. The number of nitrogens with zero attached hydrogens (tertiary/aromatic N) is 3. The average Bonchev–Trinajstić information content (AvgIpc) is 3.37. The lowest BCUT2D eigenvalue weighted by Crippen LogP contribution is -2.43. The molecular formula is C25H28N4O3. The molecule has 32 heavy (non-hydrogen) atoms. The van der Waals surface area contributed by atoms with Crippen molar-refractivity contribution in [1.82, 2.24) is 14.5 Å². The normalized spacial score (nSPS) is 19.8. The number of anilines is 1. The van der Waals surface area contributed by atoms with Gasteiger partial charge in [0.25, 0.3) is 0 Å². The number of hydrogen-bond acceptors (Lipinski definition) is 3. The summed E-state index contributed by atoms with van der Waals surface area (Å²) in [6.45, 7) is 3.72. The zero-order chi connectivity index (χ0) is 22.2. The number of aromatic amines is 1. The Morgan fingerprint density at radius 3 is 2.53 bits per heavy atom. The van der Waals surface area contributed by atoms with E-state index in [-0.39, 0.29) is 35.9 Å². The van der Waals surface area contributed by atoms with Gasteiger partial charge in [-0.1, -0.05) is 37.3 Å². The number of benzene rings is 2. The Bertz CT molecular complexity index is 1220. The number of fused-ring (bicyclic) bond motifs is 1. The zero-order valence-electron chi connectivity index (χ0n) is 18.3. The van der Waals surface area contributed by atoms with Crippen molar-refractivity contribution in [2.45, 2.75) is 38.6 Å². The molecule has 3 heterocycles. The summed E-state index contributed by atoms with van der Waals surface area (Å²) < 4.78 is 1.83. The fourth-order valence-electron chi connectivity index (χ4n) is 5.22. The van der Waals surface area contributed by atoms with Crippen molar-refractivity contribution < 1.29 is 9.59 Å². The third kappa shape index (κ3) is 3.51. The Balaban J connectivity index is 1.26. The van der Waals surface area contributed by atoms with Gasteiger partial charge >= 0.3 is 5.69 Å². The molecule has 0 aliphatic carbocycles. The van der Waals surface area contributed by atoms with Gasteiger partial charge in [-0.3, -0.25) is 14.2 Å². The van der Waals surface area contributed by atoms with E-state index in [9.17, 15) is 14.4 Å². The molecule has 166 valence electrons. The highest BCUT2D eigenvalue weighted by Gasteiger charge is 2.38. The number of nitrogens with one attached hydrogen (secondary N) is 1. The van der Waals surface area contributed by atoms with E-state index in [0.29, 0.717) is 19.6 Å². The van der Waals surface area contributed by atoms with Crippen LogP contribution >= 0.6 is 0 Å². The maximum atomic E-state index is 13.2. The molecule has 2 saturated heterocycles. The number of hydrogen-bond donors (Lipinski definition) is 1. The highest BCUT2D eigenvalue weighted by atomic mass is 16.2. The third-order valence-corrected chi connectivity index (χ3v) is 6.90. The summed E-state index contributed by atoms with van der Waals surface area (Å²) in [5.41, 5.74) is 3.70. The molecule has 7 heteroatoms. The molecule has 0 bridgehead atoms. The van der Waals surface area contributed by atoms with E-state index in [0.717, 1.165) is 41.5 Å². The predicted octanol–water partition coefficient (Wildman–Crippen LogP) is 3.11. The molecule has 5 rings (SSSR count). The predicted molar refractivity (Wildman–Crippen MR) is 124 cm³/mol. The van der Waals surface area contributed by atoms with Crippen molar-refractivity contribution in [2.24, 2.45) is 5.92 Å². The number of H-pyrrole nitrogens is 1. The van der Waals surface area contributed by atoms with E-state index in [2.05, 4.69) is 11.9 Å². The topological polar surface area (TPSA) is 78.4 Å². The van der Waals surface area contributed by atoms with Crippen LogP contribution < -0.4 is 10.6 Å². The molecule has 1 N–H and O–H groups in total. The lowest BCUT2D eigenvalue weighted by molar-refractivity contribution is -0.137. The number of piperidine rings is 1. The minimum absolute atomic E-state index is 0.0180. The van der Waals surface area contributed by atoms with Gasteiger partial charge in [-0.25, -0.2) is 4.79 Å². The van der Waals surface area contributed by atoms with Crippen molar-refractivity contribution in [2.75, 3.05) is 24.5 Å². The lowest BCUT2D eigenvalue weighted by atomic mass is 10.0. The van der Waals surface area contributed by atoms with Crippen molar-refractivity contribution in [1.29, 1.82) is 0 Å². The second kappa shape index (κ2) is 8.30. The molecule has 2 aliphatic heterocycles. The van der Waals surface area contributed by atoms with Crippen LogP contribution in [0.2, 0.25) is 0 Å². The zero-order valence-corrected chi connectivity index (χ0v) is 18.3. The summed E-state index contributed by atoms with van der Waals surface area (Å²) >= 11 is 0. The van der Waals surface area contributed by atoms with Gasteiger partial charge < -0.3 is 14.8 Å². The van der Waals surface area contributed by atoms with Crippen molar-refractivity contribution in [3.8, 4) is 0 Å². The average molecular weight is 433 g/mol. The molecule has 1 aromatic heterocycles. The molecule has 3 aromatic rings. The molecule has 0 saturated carbocycles. The molecular weight excluding hydrogens is 404 g/mol. The second-order valence-corrected chi connectivity index (χ2v) is 8.76. The summed E-state index contributed by atoms with van der Waals surface area (Å²) in [5.74, 6) is -0.233. The minimum atomic E-state index is -0.306. The first-order valence-corrected chi connectivity index (χ1v) is 11.4.